The second-order valence-corrected chi connectivity index (χ2v) is 9.21. The van der Waals surface area contributed by atoms with Crippen molar-refractivity contribution < 1.29 is 4.79 Å². The first-order valence-corrected chi connectivity index (χ1v) is 11.1. The maximum atomic E-state index is 13.3. The third kappa shape index (κ3) is 3.16. The first-order valence-electron chi connectivity index (χ1n) is 11.1. The Kier molecular flexibility index (Phi) is 4.63. The molecular weight excluding hydrogens is 334 g/mol. The molecule has 0 radical (unpaired) electrons. The minimum absolute atomic E-state index is 0.292. The molecule has 3 fully saturated rings. The van der Waals surface area contributed by atoms with Crippen molar-refractivity contribution in [3.63, 3.8) is 0 Å². The zero-order valence-corrected chi connectivity index (χ0v) is 16.7. The summed E-state index contributed by atoms with van der Waals surface area (Å²) >= 11 is 0. The van der Waals surface area contributed by atoms with Gasteiger partial charge in [-0.2, -0.15) is 0 Å². The average Bonchev–Trinajstić information content (AvgIpc) is 3.00. The molecule has 4 heteroatoms. The van der Waals surface area contributed by atoms with Crippen LogP contribution in [0.15, 0.2) is 18.2 Å². The van der Waals surface area contributed by atoms with Crippen LogP contribution in [-0.4, -0.2) is 55.5 Å². The smallest absolute Gasteiger partial charge is 0.226 e. The van der Waals surface area contributed by atoms with Crippen LogP contribution in [0.4, 0.5) is 5.69 Å². The second-order valence-electron chi connectivity index (χ2n) is 9.21. The number of hydrogen-bond acceptors (Lipinski definition) is 3. The first-order chi connectivity index (χ1) is 13.2. The highest BCUT2D eigenvalue weighted by molar-refractivity contribution is 5.80. The molecule has 2 aliphatic heterocycles. The normalized spacial score (nSPS) is 29.1. The molecule has 146 valence electrons. The van der Waals surface area contributed by atoms with Gasteiger partial charge in [0.05, 0.1) is 6.04 Å². The lowest BCUT2D eigenvalue weighted by molar-refractivity contribution is -0.140. The van der Waals surface area contributed by atoms with Crippen molar-refractivity contribution in [2.45, 2.75) is 56.9 Å². The van der Waals surface area contributed by atoms with Gasteiger partial charge in [-0.05, 0) is 61.9 Å². The Hall–Kier alpha value is -1.55. The van der Waals surface area contributed by atoms with E-state index < -0.39 is 0 Å². The lowest BCUT2D eigenvalue weighted by Gasteiger charge is -2.37. The van der Waals surface area contributed by atoms with Gasteiger partial charge in [0, 0.05) is 44.3 Å². The van der Waals surface area contributed by atoms with Crippen molar-refractivity contribution >= 4 is 11.6 Å². The van der Waals surface area contributed by atoms with Gasteiger partial charge in [0.15, 0.2) is 0 Å². The number of carbonyl (C=O) groups is 1. The van der Waals surface area contributed by atoms with Crippen LogP contribution in [0.2, 0.25) is 0 Å². The number of nitrogens with zero attached hydrogens (tertiary/aromatic N) is 3. The molecule has 1 amide bonds. The third-order valence-electron chi connectivity index (χ3n) is 7.58. The molecule has 0 N–H and O–H groups in total. The molecule has 0 aromatic heterocycles. The van der Waals surface area contributed by atoms with Crippen molar-refractivity contribution in [3.05, 3.63) is 29.3 Å². The highest BCUT2D eigenvalue weighted by Crippen LogP contribution is 2.50. The lowest BCUT2D eigenvalue weighted by Crippen LogP contribution is -2.44. The largest absolute Gasteiger partial charge is 0.369 e. The van der Waals surface area contributed by atoms with E-state index in [1.165, 1.54) is 36.1 Å². The number of likely N-dealkylation sites (N-methyl/N-ethyl adjacent to an activating group) is 1. The maximum Gasteiger partial charge on any atom is 0.226 e. The van der Waals surface area contributed by atoms with Crippen LogP contribution in [0.3, 0.4) is 0 Å². The maximum absolute atomic E-state index is 13.3. The predicted molar refractivity (Wildman–Crippen MR) is 109 cm³/mol. The standard InChI is InChI=1S/C23H33N3O/c1-24-11-13-25(14-12-24)19-7-8-20-18-9-10-26(22(15-18)21(20)16-19)23(27)17-5-3-2-4-6-17/h7-8,16-18,22H,2-6,9-15H2,1H3. The molecule has 1 aromatic rings. The molecule has 1 saturated carbocycles. The van der Waals surface area contributed by atoms with Crippen molar-refractivity contribution in [2.24, 2.45) is 5.92 Å². The van der Waals surface area contributed by atoms with Gasteiger partial charge in [-0.25, -0.2) is 0 Å². The summed E-state index contributed by atoms with van der Waals surface area (Å²) in [7, 11) is 2.21. The summed E-state index contributed by atoms with van der Waals surface area (Å²) in [5.41, 5.74) is 4.34. The quantitative estimate of drug-likeness (QED) is 0.796. The molecule has 4 nitrogen and oxygen atoms in total. The number of piperazine rings is 1. The molecule has 2 aliphatic carbocycles. The van der Waals surface area contributed by atoms with Crippen LogP contribution in [-0.2, 0) is 4.79 Å². The summed E-state index contributed by atoms with van der Waals surface area (Å²) in [6.45, 7) is 5.44. The summed E-state index contributed by atoms with van der Waals surface area (Å²) in [4.78, 5) is 20.5. The van der Waals surface area contributed by atoms with E-state index in [9.17, 15) is 4.79 Å². The van der Waals surface area contributed by atoms with Gasteiger partial charge >= 0.3 is 0 Å². The Balaban J connectivity index is 1.39. The number of piperidine rings is 1. The molecule has 2 bridgehead atoms. The predicted octanol–water partition coefficient (Wildman–Crippen LogP) is 3.78. The number of hydrogen-bond donors (Lipinski definition) is 0. The fraction of sp³-hybridized carbons (Fsp3) is 0.696. The minimum atomic E-state index is 0.292. The van der Waals surface area contributed by atoms with E-state index >= 15 is 0 Å². The van der Waals surface area contributed by atoms with Crippen LogP contribution >= 0.6 is 0 Å². The zero-order valence-electron chi connectivity index (χ0n) is 16.7. The first kappa shape index (κ1) is 17.5. The lowest BCUT2D eigenvalue weighted by atomic mass is 9.87. The molecule has 4 aliphatic rings. The van der Waals surface area contributed by atoms with Crippen LogP contribution < -0.4 is 4.90 Å². The Morgan fingerprint density at radius 2 is 1.70 bits per heavy atom. The van der Waals surface area contributed by atoms with Crippen LogP contribution in [0.5, 0.6) is 0 Å². The van der Waals surface area contributed by atoms with Gasteiger partial charge in [0.1, 0.15) is 0 Å². The van der Waals surface area contributed by atoms with Gasteiger partial charge in [0.2, 0.25) is 5.91 Å². The number of anilines is 1. The van der Waals surface area contributed by atoms with Crippen molar-refractivity contribution in [2.75, 3.05) is 44.7 Å². The van der Waals surface area contributed by atoms with E-state index in [2.05, 4.69) is 39.9 Å². The summed E-state index contributed by atoms with van der Waals surface area (Å²) < 4.78 is 0. The second kappa shape index (κ2) is 7.12. The molecule has 2 saturated heterocycles. The zero-order chi connectivity index (χ0) is 18.4. The molecular formula is C23H33N3O. The Bertz CT molecular complexity index is 704. The van der Waals surface area contributed by atoms with Crippen molar-refractivity contribution in [3.8, 4) is 0 Å². The highest BCUT2D eigenvalue weighted by atomic mass is 16.2. The van der Waals surface area contributed by atoms with Crippen molar-refractivity contribution in [1.82, 2.24) is 9.80 Å². The monoisotopic (exact) mass is 367 g/mol. The molecule has 2 atom stereocenters. The Labute approximate surface area is 163 Å². The fourth-order valence-corrected chi connectivity index (χ4v) is 5.87. The highest BCUT2D eigenvalue weighted by Gasteiger charge is 2.42. The van der Waals surface area contributed by atoms with Crippen LogP contribution in [0, 0.1) is 5.92 Å². The SMILES string of the molecule is CN1CCN(c2ccc3c(c2)C2CC3CCN2C(=O)C2CCCCC2)CC1. The van der Waals surface area contributed by atoms with Gasteiger partial charge in [-0.15, -0.1) is 0 Å². The molecule has 2 heterocycles. The molecule has 27 heavy (non-hydrogen) atoms. The number of amides is 1. The summed E-state index contributed by atoms with van der Waals surface area (Å²) in [6.07, 6.45) is 8.31. The number of fused-ring (bicyclic) bond motifs is 5. The van der Waals surface area contributed by atoms with Gasteiger partial charge in [-0.3, -0.25) is 4.79 Å². The van der Waals surface area contributed by atoms with Gasteiger partial charge in [-0.1, -0.05) is 25.3 Å². The fourth-order valence-electron chi connectivity index (χ4n) is 5.87. The van der Waals surface area contributed by atoms with E-state index in [0.717, 1.165) is 58.4 Å². The molecule has 5 rings (SSSR count). The van der Waals surface area contributed by atoms with Crippen LogP contribution in [0.1, 0.15) is 68.0 Å². The Morgan fingerprint density at radius 1 is 0.926 bits per heavy atom. The topological polar surface area (TPSA) is 26.8 Å². The number of carbonyl (C=O) groups excluding carboxylic acids is 1. The minimum Gasteiger partial charge on any atom is -0.369 e. The van der Waals surface area contributed by atoms with E-state index in [0.29, 0.717) is 23.8 Å². The number of benzene rings is 1. The van der Waals surface area contributed by atoms with E-state index in [1.807, 2.05) is 0 Å². The van der Waals surface area contributed by atoms with Gasteiger partial charge < -0.3 is 14.7 Å². The van der Waals surface area contributed by atoms with E-state index in [-0.39, 0.29) is 0 Å². The summed E-state index contributed by atoms with van der Waals surface area (Å²) in [5, 5.41) is 0. The van der Waals surface area contributed by atoms with Gasteiger partial charge in [0.25, 0.3) is 0 Å². The van der Waals surface area contributed by atoms with E-state index in [4.69, 9.17) is 0 Å². The summed E-state index contributed by atoms with van der Waals surface area (Å²) in [6, 6.07) is 7.47. The molecule has 1 aromatic carbocycles. The van der Waals surface area contributed by atoms with E-state index in [1.54, 1.807) is 0 Å². The summed E-state index contributed by atoms with van der Waals surface area (Å²) in [5.74, 6) is 1.41. The Morgan fingerprint density at radius 3 is 2.48 bits per heavy atom. The number of likely N-dealkylation sites (tertiary alicyclic amines) is 1. The molecule has 2 unspecified atom stereocenters. The van der Waals surface area contributed by atoms with Crippen molar-refractivity contribution in [1.29, 1.82) is 0 Å². The average molecular weight is 368 g/mol. The third-order valence-corrected chi connectivity index (χ3v) is 7.58. The molecule has 0 spiro atoms. The number of rotatable bonds is 2. The van der Waals surface area contributed by atoms with Crippen LogP contribution in [0.25, 0.3) is 0 Å².